The van der Waals surface area contributed by atoms with Gasteiger partial charge in [0, 0.05) is 24.3 Å². The topological polar surface area (TPSA) is 54.5 Å². The van der Waals surface area contributed by atoms with Gasteiger partial charge in [0.25, 0.3) is 0 Å². The molecule has 2 rings (SSSR count). The Hall–Kier alpha value is -1.62. The summed E-state index contributed by atoms with van der Waals surface area (Å²) in [6.07, 6.45) is 3.60. The Kier molecular flexibility index (Phi) is 5.40. The fourth-order valence-electron chi connectivity index (χ4n) is 2.57. The summed E-state index contributed by atoms with van der Waals surface area (Å²) in [7, 11) is 2.08. The zero-order valence-electron chi connectivity index (χ0n) is 14.1. The van der Waals surface area contributed by atoms with Crippen molar-refractivity contribution in [3.8, 4) is 5.88 Å². The number of carbonyl (C=O) groups is 1. The maximum absolute atomic E-state index is 12.5. The molecule has 0 aliphatic carbocycles. The number of nitrogens with one attached hydrogen (secondary N) is 1. The van der Waals surface area contributed by atoms with E-state index in [1.165, 1.54) is 0 Å². The molecule has 1 fully saturated rings. The van der Waals surface area contributed by atoms with E-state index in [1.807, 2.05) is 26.0 Å². The van der Waals surface area contributed by atoms with Gasteiger partial charge in [0.2, 0.25) is 11.8 Å². The van der Waals surface area contributed by atoms with Gasteiger partial charge in [-0.2, -0.15) is 0 Å². The van der Waals surface area contributed by atoms with E-state index in [-0.39, 0.29) is 11.9 Å². The Labute approximate surface area is 133 Å². The number of aryl methyl sites for hydroxylation is 1. The van der Waals surface area contributed by atoms with Crippen LogP contribution in [0.5, 0.6) is 5.88 Å². The Morgan fingerprint density at radius 2 is 2.32 bits per heavy atom. The van der Waals surface area contributed by atoms with Crippen LogP contribution in [-0.4, -0.2) is 48.6 Å². The number of likely N-dealkylation sites (N-methyl/N-ethyl adjacent to an activating group) is 1. The van der Waals surface area contributed by atoms with Crippen molar-refractivity contribution >= 4 is 5.91 Å². The lowest BCUT2D eigenvalue weighted by Crippen LogP contribution is -2.46. The smallest absolute Gasteiger partial charge is 0.229 e. The molecule has 22 heavy (non-hydrogen) atoms. The van der Waals surface area contributed by atoms with Crippen molar-refractivity contribution in [3.05, 3.63) is 23.9 Å². The van der Waals surface area contributed by atoms with Crippen molar-refractivity contribution in [1.29, 1.82) is 0 Å². The second-order valence-corrected chi connectivity index (χ2v) is 6.72. The molecular weight excluding hydrogens is 278 g/mol. The fourth-order valence-corrected chi connectivity index (χ4v) is 2.57. The second kappa shape index (κ2) is 7.09. The van der Waals surface area contributed by atoms with Crippen LogP contribution in [-0.2, 0) is 11.2 Å². The van der Waals surface area contributed by atoms with Crippen molar-refractivity contribution < 1.29 is 9.53 Å². The fraction of sp³-hybridized carbons (Fsp3) is 0.647. The van der Waals surface area contributed by atoms with E-state index in [1.54, 1.807) is 6.20 Å². The summed E-state index contributed by atoms with van der Waals surface area (Å²) in [6, 6.07) is 4.15. The summed E-state index contributed by atoms with van der Waals surface area (Å²) in [5.74, 6) is 0.674. The maximum Gasteiger partial charge on any atom is 0.229 e. The van der Waals surface area contributed by atoms with Gasteiger partial charge in [-0.25, -0.2) is 4.98 Å². The summed E-state index contributed by atoms with van der Waals surface area (Å²) in [6.45, 7) is 8.17. The predicted octanol–water partition coefficient (Wildman–Crippen LogP) is 1.87. The van der Waals surface area contributed by atoms with E-state index in [0.717, 1.165) is 31.5 Å². The molecule has 122 valence electrons. The molecule has 0 unspecified atom stereocenters. The van der Waals surface area contributed by atoms with E-state index in [4.69, 9.17) is 4.74 Å². The monoisotopic (exact) mass is 305 g/mol. The standard InChI is InChI=1S/C17H27N3O2/c1-5-13-7-6-9-18-15(13)22-12-17(2,3)16(21)19-14-8-10-20(4)11-14/h6-7,9,14H,5,8,10-12H2,1-4H3,(H,19,21)/t14-/m1/s1. The van der Waals surface area contributed by atoms with Crippen LogP contribution in [0, 0.1) is 5.41 Å². The van der Waals surface area contributed by atoms with Crippen LogP contribution >= 0.6 is 0 Å². The predicted molar refractivity (Wildman–Crippen MR) is 86.9 cm³/mol. The minimum absolute atomic E-state index is 0.0433. The first-order valence-corrected chi connectivity index (χ1v) is 7.98. The van der Waals surface area contributed by atoms with Crippen LogP contribution in [0.15, 0.2) is 18.3 Å². The summed E-state index contributed by atoms with van der Waals surface area (Å²) in [5.41, 5.74) is 0.486. The Balaban J connectivity index is 1.91. The third kappa shape index (κ3) is 4.19. The molecule has 1 aromatic rings. The van der Waals surface area contributed by atoms with E-state index in [0.29, 0.717) is 12.5 Å². The molecule has 5 heteroatoms. The number of amides is 1. The van der Waals surface area contributed by atoms with Gasteiger partial charge < -0.3 is 15.0 Å². The number of pyridine rings is 1. The van der Waals surface area contributed by atoms with Crippen molar-refractivity contribution in [2.75, 3.05) is 26.7 Å². The first-order chi connectivity index (χ1) is 10.4. The normalized spacial score (nSPS) is 19.2. The van der Waals surface area contributed by atoms with E-state index >= 15 is 0 Å². The minimum Gasteiger partial charge on any atom is -0.476 e. The molecular formula is C17H27N3O2. The molecule has 0 bridgehead atoms. The van der Waals surface area contributed by atoms with E-state index in [9.17, 15) is 4.79 Å². The van der Waals surface area contributed by atoms with Gasteiger partial charge in [-0.05, 0) is 46.3 Å². The number of rotatable bonds is 6. The highest BCUT2D eigenvalue weighted by Gasteiger charge is 2.32. The van der Waals surface area contributed by atoms with Crippen LogP contribution < -0.4 is 10.1 Å². The summed E-state index contributed by atoms with van der Waals surface area (Å²) < 4.78 is 5.82. The Morgan fingerprint density at radius 1 is 1.55 bits per heavy atom. The first-order valence-electron chi connectivity index (χ1n) is 7.98. The Morgan fingerprint density at radius 3 is 2.95 bits per heavy atom. The molecule has 0 saturated carbocycles. The highest BCUT2D eigenvalue weighted by Crippen LogP contribution is 2.21. The van der Waals surface area contributed by atoms with Crippen LogP contribution in [0.3, 0.4) is 0 Å². The lowest BCUT2D eigenvalue weighted by atomic mass is 9.93. The summed E-state index contributed by atoms with van der Waals surface area (Å²) in [5, 5.41) is 3.13. The molecule has 1 aliphatic heterocycles. The number of aromatic nitrogens is 1. The quantitative estimate of drug-likeness (QED) is 0.872. The van der Waals surface area contributed by atoms with Crippen molar-refractivity contribution in [1.82, 2.24) is 15.2 Å². The van der Waals surface area contributed by atoms with Gasteiger partial charge in [0.15, 0.2) is 0 Å². The maximum atomic E-state index is 12.5. The largest absolute Gasteiger partial charge is 0.476 e. The highest BCUT2D eigenvalue weighted by molar-refractivity contribution is 5.82. The molecule has 1 N–H and O–H groups in total. The SMILES string of the molecule is CCc1cccnc1OCC(C)(C)C(=O)N[C@@H]1CCN(C)C1. The summed E-state index contributed by atoms with van der Waals surface area (Å²) >= 11 is 0. The van der Waals surface area contributed by atoms with Gasteiger partial charge in [-0.15, -0.1) is 0 Å². The lowest BCUT2D eigenvalue weighted by molar-refractivity contribution is -0.131. The van der Waals surface area contributed by atoms with Crippen LogP contribution in [0.25, 0.3) is 0 Å². The van der Waals surface area contributed by atoms with Gasteiger partial charge in [0.1, 0.15) is 6.61 Å². The van der Waals surface area contributed by atoms with Gasteiger partial charge in [-0.3, -0.25) is 4.79 Å². The van der Waals surface area contributed by atoms with E-state index in [2.05, 4.69) is 29.2 Å². The van der Waals surface area contributed by atoms with Crippen molar-refractivity contribution in [2.45, 2.75) is 39.7 Å². The average molecular weight is 305 g/mol. The molecule has 1 atom stereocenters. The van der Waals surface area contributed by atoms with Crippen LogP contribution in [0.4, 0.5) is 0 Å². The first kappa shape index (κ1) is 16.7. The average Bonchev–Trinajstić information content (AvgIpc) is 2.90. The molecule has 1 saturated heterocycles. The number of ether oxygens (including phenoxy) is 1. The molecule has 0 spiro atoms. The van der Waals surface area contributed by atoms with Gasteiger partial charge >= 0.3 is 0 Å². The lowest BCUT2D eigenvalue weighted by Gasteiger charge is -2.26. The second-order valence-electron chi connectivity index (χ2n) is 6.72. The van der Waals surface area contributed by atoms with Crippen molar-refractivity contribution in [3.63, 3.8) is 0 Å². The molecule has 1 amide bonds. The molecule has 2 heterocycles. The molecule has 0 radical (unpaired) electrons. The van der Waals surface area contributed by atoms with Crippen molar-refractivity contribution in [2.24, 2.45) is 5.41 Å². The van der Waals surface area contributed by atoms with Crippen LogP contribution in [0.1, 0.15) is 32.8 Å². The molecule has 1 aromatic heterocycles. The molecule has 5 nitrogen and oxygen atoms in total. The molecule has 1 aliphatic rings. The van der Waals surface area contributed by atoms with E-state index < -0.39 is 5.41 Å². The summed E-state index contributed by atoms with van der Waals surface area (Å²) in [4.78, 5) is 19.0. The number of likely N-dealkylation sites (tertiary alicyclic amines) is 1. The van der Waals surface area contributed by atoms with Crippen LogP contribution in [0.2, 0.25) is 0 Å². The zero-order valence-corrected chi connectivity index (χ0v) is 14.1. The highest BCUT2D eigenvalue weighted by atomic mass is 16.5. The number of hydrogen-bond acceptors (Lipinski definition) is 4. The molecule has 0 aromatic carbocycles. The van der Waals surface area contributed by atoms with Gasteiger partial charge in [0.05, 0.1) is 5.41 Å². The minimum atomic E-state index is -0.580. The Bertz CT molecular complexity index is 516. The number of nitrogens with zero attached hydrogens (tertiary/aromatic N) is 2. The third-order valence-corrected chi connectivity index (χ3v) is 4.14. The number of carbonyl (C=O) groups excluding carboxylic acids is 1. The third-order valence-electron chi connectivity index (χ3n) is 4.14. The zero-order chi connectivity index (χ0) is 16.2. The number of hydrogen-bond donors (Lipinski definition) is 1. The van der Waals surface area contributed by atoms with Gasteiger partial charge in [-0.1, -0.05) is 13.0 Å².